The Morgan fingerprint density at radius 2 is 2.00 bits per heavy atom. The quantitative estimate of drug-likeness (QED) is 0.309. The molecular formula is C21H23BrN3O4+. The summed E-state index contributed by atoms with van der Waals surface area (Å²) in [6.07, 6.45) is 4.02. The van der Waals surface area contributed by atoms with Crippen LogP contribution in [-0.2, 0) is 21.5 Å². The Labute approximate surface area is 176 Å². The monoisotopic (exact) mass is 460 g/mol. The Kier molecular flexibility index (Phi) is 6.32. The van der Waals surface area contributed by atoms with Gasteiger partial charge in [-0.1, -0.05) is 34.5 Å². The van der Waals surface area contributed by atoms with Crippen molar-refractivity contribution in [2.24, 2.45) is 4.99 Å². The fraction of sp³-hybridized carbons (Fsp3) is 0.333. The smallest absolute Gasteiger partial charge is 0.371 e. The lowest BCUT2D eigenvalue weighted by Crippen LogP contribution is -2.42. The molecule has 0 unspecified atom stereocenters. The van der Waals surface area contributed by atoms with E-state index in [-0.39, 0.29) is 30.4 Å². The average molecular weight is 461 g/mol. The number of amidine groups is 1. The molecule has 0 saturated heterocycles. The number of aromatic nitrogens is 1. The summed E-state index contributed by atoms with van der Waals surface area (Å²) in [6.45, 7) is 1.70. The van der Waals surface area contributed by atoms with Gasteiger partial charge in [-0.25, -0.2) is 0 Å². The number of nitrogens with one attached hydrogen (secondary N) is 1. The van der Waals surface area contributed by atoms with Crippen LogP contribution in [0.5, 0.6) is 0 Å². The minimum Gasteiger partial charge on any atom is -0.578 e. The molecule has 0 radical (unpaired) electrons. The highest BCUT2D eigenvalue weighted by molar-refractivity contribution is 9.10. The average Bonchev–Trinajstić information content (AvgIpc) is 2.64. The van der Waals surface area contributed by atoms with Gasteiger partial charge in [0.05, 0.1) is 12.0 Å². The molecule has 1 saturated carbocycles. The first-order valence-electron chi connectivity index (χ1n) is 9.38. The Hall–Kier alpha value is -2.74. The fourth-order valence-electron chi connectivity index (χ4n) is 3.43. The van der Waals surface area contributed by atoms with Gasteiger partial charge in [-0.15, -0.1) is 4.99 Å². The highest BCUT2D eigenvalue weighted by Crippen LogP contribution is 2.45. The van der Waals surface area contributed by atoms with Gasteiger partial charge >= 0.3 is 11.9 Å². The minimum atomic E-state index is -0.522. The molecule has 0 spiro atoms. The van der Waals surface area contributed by atoms with Crippen LogP contribution in [-0.4, -0.2) is 34.0 Å². The number of nitrogens with zero attached hydrogens (tertiary/aromatic N) is 2. The van der Waals surface area contributed by atoms with Crippen LogP contribution >= 0.6 is 15.9 Å². The summed E-state index contributed by atoms with van der Waals surface area (Å²) in [4.78, 5) is 28.5. The minimum absolute atomic E-state index is 0.0480. The lowest BCUT2D eigenvalue weighted by atomic mass is 9.63. The van der Waals surface area contributed by atoms with Crippen molar-refractivity contribution in [1.82, 2.24) is 4.57 Å². The lowest BCUT2D eigenvalue weighted by molar-refractivity contribution is -0.143. The van der Waals surface area contributed by atoms with Crippen molar-refractivity contribution in [3.8, 4) is 0 Å². The first kappa shape index (κ1) is 21.0. The zero-order valence-corrected chi connectivity index (χ0v) is 17.7. The van der Waals surface area contributed by atoms with Crippen molar-refractivity contribution < 1.29 is 14.6 Å². The molecule has 152 valence electrons. The topological polar surface area (TPSA) is 107 Å². The van der Waals surface area contributed by atoms with Gasteiger partial charge in [0.2, 0.25) is 0 Å². The zero-order valence-electron chi connectivity index (χ0n) is 16.1. The molecule has 29 heavy (non-hydrogen) atoms. The van der Waals surface area contributed by atoms with Gasteiger partial charge in [0, 0.05) is 10.7 Å². The van der Waals surface area contributed by atoms with Gasteiger partial charge in [0.1, 0.15) is 12.4 Å². The Morgan fingerprint density at radius 1 is 1.31 bits per heavy atom. The van der Waals surface area contributed by atoms with Crippen LogP contribution in [0.1, 0.15) is 37.3 Å². The van der Waals surface area contributed by atoms with E-state index < -0.39 is 16.9 Å². The molecule has 0 aliphatic heterocycles. The molecule has 2 aromatic rings. The molecule has 0 bridgehead atoms. The van der Waals surface area contributed by atoms with Crippen molar-refractivity contribution in [3.05, 3.63) is 68.5 Å². The number of carbonyl (C=O) groups is 1. The molecule has 1 heterocycles. The van der Waals surface area contributed by atoms with Crippen LogP contribution in [0.4, 0.5) is 0 Å². The van der Waals surface area contributed by atoms with E-state index in [4.69, 9.17) is 15.3 Å². The molecule has 8 heteroatoms. The number of halogens is 1. The fourth-order valence-corrected chi connectivity index (χ4v) is 3.69. The molecule has 1 aromatic heterocycles. The second-order valence-electron chi connectivity index (χ2n) is 6.91. The maximum Gasteiger partial charge on any atom is 0.371 e. The van der Waals surface area contributed by atoms with E-state index >= 15 is 0 Å². The summed E-state index contributed by atoms with van der Waals surface area (Å²) < 4.78 is 7.02. The second kappa shape index (κ2) is 8.73. The number of esters is 1. The number of carbonyl (C=O) groups excluding carboxylic acids is 1. The summed E-state index contributed by atoms with van der Waals surface area (Å²) in [5.41, 5.74) is 0.00709. The normalized spacial score (nSPS) is 15.4. The van der Waals surface area contributed by atoms with E-state index in [1.807, 2.05) is 24.3 Å². The summed E-state index contributed by atoms with van der Waals surface area (Å²) in [5, 5.41) is 16.8. The van der Waals surface area contributed by atoms with Crippen molar-refractivity contribution in [3.63, 3.8) is 0 Å². The van der Waals surface area contributed by atoms with E-state index in [0.717, 1.165) is 29.3 Å². The summed E-state index contributed by atoms with van der Waals surface area (Å²) >= 11 is 3.42. The number of rotatable bonds is 6. The van der Waals surface area contributed by atoms with Gasteiger partial charge < -0.3 is 14.4 Å². The predicted octanol–water partition coefficient (Wildman–Crippen LogP) is 2.74. The van der Waals surface area contributed by atoms with E-state index in [1.165, 1.54) is 16.8 Å². The number of benzene rings is 1. The standard InChI is InChI=1S/C21H22BrN3O4/c1-2-29-17(26)13-25-12-3-5-16(19(25)28)18(27)24-20(23)21(10-4-11-21)14-6-8-15(22)9-7-14/h3,5-9,12H,2,4,10-11,13H2,1H3,(H2,23,24,27)/p+1. The third-order valence-corrected chi connectivity index (χ3v) is 5.69. The maximum absolute atomic E-state index is 12.7. The predicted molar refractivity (Wildman–Crippen MR) is 115 cm³/mol. The SMILES string of the molecule is CCOC(=O)Cn1cccc(C([OH2+])=NC(=N)C2(c3ccc(Br)cc3)CCC2)c1=O. The van der Waals surface area contributed by atoms with Crippen LogP contribution in [0.25, 0.3) is 0 Å². The van der Waals surface area contributed by atoms with E-state index in [0.29, 0.717) is 0 Å². The number of hydrogen-bond acceptors (Lipinski definition) is 4. The van der Waals surface area contributed by atoms with Gasteiger partial charge in [-0.2, -0.15) is 0 Å². The Morgan fingerprint density at radius 3 is 2.59 bits per heavy atom. The highest BCUT2D eigenvalue weighted by atomic mass is 79.9. The van der Waals surface area contributed by atoms with E-state index in [2.05, 4.69) is 20.9 Å². The van der Waals surface area contributed by atoms with Crippen LogP contribution in [0.15, 0.2) is 56.9 Å². The van der Waals surface area contributed by atoms with E-state index in [9.17, 15) is 9.59 Å². The number of hydrogen-bond donors (Lipinski definition) is 1. The van der Waals surface area contributed by atoms with Crippen molar-refractivity contribution in [2.75, 3.05) is 6.61 Å². The first-order chi connectivity index (χ1) is 13.9. The molecule has 1 aliphatic rings. The largest absolute Gasteiger partial charge is 0.578 e. The van der Waals surface area contributed by atoms with Crippen molar-refractivity contribution in [1.29, 1.82) is 5.41 Å². The summed E-state index contributed by atoms with van der Waals surface area (Å²) in [5.74, 6) is -0.718. The number of aliphatic imine (C=N–C) groups is 1. The lowest BCUT2D eigenvalue weighted by Gasteiger charge is -2.40. The van der Waals surface area contributed by atoms with Gasteiger partial charge in [-0.3, -0.25) is 15.0 Å². The molecule has 0 atom stereocenters. The third kappa shape index (κ3) is 4.32. The summed E-state index contributed by atoms with van der Waals surface area (Å²) in [7, 11) is 0. The van der Waals surface area contributed by atoms with E-state index in [1.54, 1.807) is 13.0 Å². The number of pyridine rings is 1. The Bertz CT molecular complexity index is 1010. The van der Waals surface area contributed by atoms with Gasteiger partial charge in [-0.05, 0) is 49.6 Å². The van der Waals surface area contributed by atoms with Crippen molar-refractivity contribution >= 4 is 33.6 Å². The van der Waals surface area contributed by atoms with Crippen LogP contribution in [0.2, 0.25) is 0 Å². The highest BCUT2D eigenvalue weighted by Gasteiger charge is 2.43. The first-order valence-corrected chi connectivity index (χ1v) is 10.2. The Balaban J connectivity index is 1.89. The summed E-state index contributed by atoms with van der Waals surface area (Å²) in [6, 6.07) is 10.9. The number of ether oxygens (including phenoxy) is 1. The molecule has 1 aromatic carbocycles. The molecule has 3 rings (SSSR count). The van der Waals surface area contributed by atoms with Crippen LogP contribution in [0.3, 0.4) is 0 Å². The molecule has 1 aliphatic carbocycles. The molecule has 3 N–H and O–H groups in total. The van der Waals surface area contributed by atoms with Crippen LogP contribution < -0.4 is 5.56 Å². The van der Waals surface area contributed by atoms with Gasteiger partial charge in [0.25, 0.3) is 5.56 Å². The maximum atomic E-state index is 12.7. The molecular weight excluding hydrogens is 438 g/mol. The molecule has 0 amide bonds. The van der Waals surface area contributed by atoms with Gasteiger partial charge in [0.15, 0.2) is 5.56 Å². The zero-order chi connectivity index (χ0) is 21.0. The molecule has 7 nitrogen and oxygen atoms in total. The van der Waals surface area contributed by atoms with Crippen LogP contribution in [0, 0.1) is 5.41 Å². The third-order valence-electron chi connectivity index (χ3n) is 5.16. The van der Waals surface area contributed by atoms with Crippen molar-refractivity contribution in [2.45, 2.75) is 38.1 Å². The molecule has 1 fully saturated rings. The second-order valence-corrected chi connectivity index (χ2v) is 7.83.